The molecule has 2 aromatic heterocycles. The Hall–Kier alpha value is -4.44. The second kappa shape index (κ2) is 11.1. The SMILES string of the molecule is CNc1cc(-n2nc(C)cc2Nc2cc(NC(=O)c3cc(C)cc(N4CCN(C)CC4)c3)ccc2C)ncn1. The maximum absolute atomic E-state index is 13.3. The fourth-order valence-corrected chi connectivity index (χ4v) is 4.68. The molecule has 5 rings (SSSR count). The summed E-state index contributed by atoms with van der Waals surface area (Å²) in [5.74, 6) is 1.97. The fourth-order valence-electron chi connectivity index (χ4n) is 4.68. The van der Waals surface area contributed by atoms with Crippen LogP contribution in [0.25, 0.3) is 5.82 Å². The molecule has 0 bridgehead atoms. The van der Waals surface area contributed by atoms with Gasteiger partial charge in [-0.1, -0.05) is 6.07 Å². The van der Waals surface area contributed by atoms with Gasteiger partial charge in [-0.2, -0.15) is 9.78 Å². The van der Waals surface area contributed by atoms with Crippen LogP contribution in [0.2, 0.25) is 0 Å². The van der Waals surface area contributed by atoms with E-state index in [4.69, 9.17) is 0 Å². The number of rotatable bonds is 7. The normalized spacial score (nSPS) is 13.8. The van der Waals surface area contributed by atoms with Crippen LogP contribution >= 0.6 is 0 Å². The third kappa shape index (κ3) is 6.01. The Bertz CT molecular complexity index is 1490. The Kier molecular flexibility index (Phi) is 7.47. The quantitative estimate of drug-likeness (QED) is 0.327. The Morgan fingerprint density at radius 1 is 0.923 bits per heavy atom. The van der Waals surface area contributed by atoms with Crippen molar-refractivity contribution in [2.45, 2.75) is 20.8 Å². The average Bonchev–Trinajstić information content (AvgIpc) is 3.30. The summed E-state index contributed by atoms with van der Waals surface area (Å²) in [6.07, 6.45) is 1.50. The highest BCUT2D eigenvalue weighted by Gasteiger charge is 2.17. The summed E-state index contributed by atoms with van der Waals surface area (Å²) in [6.45, 7) is 9.93. The standard InChI is InChI=1S/C29H35N9O/c1-19-12-22(15-24(13-19)37-10-8-36(5)9-11-37)29(39)33-23-7-6-20(2)25(16-23)34-28-14-21(3)35-38(28)27-17-26(30-4)31-18-32-27/h6-7,12-18,34H,8-11H2,1-5H3,(H,33,39)(H,30,31,32). The third-order valence-corrected chi connectivity index (χ3v) is 6.91. The van der Waals surface area contributed by atoms with Crippen molar-refractivity contribution < 1.29 is 4.79 Å². The van der Waals surface area contributed by atoms with Crippen LogP contribution in [0.5, 0.6) is 0 Å². The van der Waals surface area contributed by atoms with Crippen molar-refractivity contribution in [3.63, 3.8) is 0 Å². The highest BCUT2D eigenvalue weighted by atomic mass is 16.1. The zero-order valence-electron chi connectivity index (χ0n) is 23.1. The lowest BCUT2D eigenvalue weighted by Gasteiger charge is -2.34. The average molecular weight is 526 g/mol. The first-order valence-corrected chi connectivity index (χ1v) is 13.1. The van der Waals surface area contributed by atoms with Crippen molar-refractivity contribution in [2.24, 2.45) is 0 Å². The minimum absolute atomic E-state index is 0.134. The smallest absolute Gasteiger partial charge is 0.255 e. The van der Waals surface area contributed by atoms with Gasteiger partial charge in [0.25, 0.3) is 5.91 Å². The predicted molar refractivity (Wildman–Crippen MR) is 157 cm³/mol. The Morgan fingerprint density at radius 3 is 2.49 bits per heavy atom. The number of amides is 1. The molecule has 1 saturated heterocycles. The van der Waals surface area contributed by atoms with Crippen molar-refractivity contribution in [3.8, 4) is 5.82 Å². The first-order chi connectivity index (χ1) is 18.8. The molecule has 0 atom stereocenters. The van der Waals surface area contributed by atoms with Gasteiger partial charge in [0, 0.05) is 68.0 Å². The Morgan fingerprint density at radius 2 is 1.72 bits per heavy atom. The summed E-state index contributed by atoms with van der Waals surface area (Å²) in [4.78, 5) is 26.6. The summed E-state index contributed by atoms with van der Waals surface area (Å²) in [7, 11) is 3.95. The van der Waals surface area contributed by atoms with Crippen LogP contribution in [0.4, 0.5) is 28.7 Å². The van der Waals surface area contributed by atoms with Crippen molar-refractivity contribution in [1.29, 1.82) is 0 Å². The summed E-state index contributed by atoms with van der Waals surface area (Å²) in [6, 6.07) is 15.7. The molecular formula is C29H35N9O. The first kappa shape index (κ1) is 26.2. The number of nitrogens with zero attached hydrogens (tertiary/aromatic N) is 6. The fraction of sp³-hybridized carbons (Fsp3) is 0.310. The molecule has 4 aromatic rings. The molecule has 2 aromatic carbocycles. The highest BCUT2D eigenvalue weighted by Crippen LogP contribution is 2.27. The number of aromatic nitrogens is 4. The largest absolute Gasteiger partial charge is 0.373 e. The van der Waals surface area contributed by atoms with Gasteiger partial charge in [-0.25, -0.2) is 9.97 Å². The number of aryl methyl sites for hydroxylation is 3. The van der Waals surface area contributed by atoms with E-state index in [-0.39, 0.29) is 5.91 Å². The molecule has 3 heterocycles. The lowest BCUT2D eigenvalue weighted by molar-refractivity contribution is 0.102. The monoisotopic (exact) mass is 525 g/mol. The number of benzene rings is 2. The molecule has 0 radical (unpaired) electrons. The van der Waals surface area contributed by atoms with Gasteiger partial charge in [0.1, 0.15) is 18.0 Å². The molecular weight excluding hydrogens is 490 g/mol. The number of carbonyl (C=O) groups excluding carboxylic acids is 1. The maximum atomic E-state index is 13.3. The van der Waals surface area contributed by atoms with Crippen molar-refractivity contribution in [2.75, 3.05) is 61.1 Å². The van der Waals surface area contributed by atoms with Gasteiger partial charge in [-0.15, -0.1) is 0 Å². The molecule has 3 N–H and O–H groups in total. The minimum Gasteiger partial charge on any atom is -0.373 e. The van der Waals surface area contributed by atoms with Gasteiger partial charge in [0.15, 0.2) is 5.82 Å². The maximum Gasteiger partial charge on any atom is 0.255 e. The predicted octanol–water partition coefficient (Wildman–Crippen LogP) is 4.38. The molecule has 202 valence electrons. The molecule has 0 unspecified atom stereocenters. The van der Waals surface area contributed by atoms with E-state index in [1.165, 1.54) is 6.33 Å². The molecule has 0 aliphatic carbocycles. The first-order valence-electron chi connectivity index (χ1n) is 13.1. The third-order valence-electron chi connectivity index (χ3n) is 6.91. The van der Waals surface area contributed by atoms with Gasteiger partial charge >= 0.3 is 0 Å². The minimum atomic E-state index is -0.134. The summed E-state index contributed by atoms with van der Waals surface area (Å²) >= 11 is 0. The molecule has 39 heavy (non-hydrogen) atoms. The molecule has 1 aliphatic heterocycles. The summed E-state index contributed by atoms with van der Waals surface area (Å²) < 4.78 is 1.75. The van der Waals surface area contributed by atoms with Crippen LogP contribution < -0.4 is 20.9 Å². The zero-order valence-corrected chi connectivity index (χ0v) is 23.1. The van der Waals surface area contributed by atoms with E-state index >= 15 is 0 Å². The summed E-state index contributed by atoms with van der Waals surface area (Å²) in [5.41, 5.74) is 6.26. The van der Waals surface area contributed by atoms with E-state index in [9.17, 15) is 4.79 Å². The molecule has 1 amide bonds. The number of carbonyl (C=O) groups is 1. The van der Waals surface area contributed by atoms with Crippen LogP contribution in [-0.4, -0.2) is 70.8 Å². The topological polar surface area (TPSA) is 103 Å². The molecule has 0 spiro atoms. The van der Waals surface area contributed by atoms with Crippen LogP contribution in [0.15, 0.2) is 54.9 Å². The van der Waals surface area contributed by atoms with Crippen molar-refractivity contribution in [1.82, 2.24) is 24.6 Å². The number of nitrogens with one attached hydrogen (secondary N) is 3. The number of anilines is 5. The number of hydrogen-bond donors (Lipinski definition) is 3. The molecule has 0 saturated carbocycles. The second-order valence-corrected chi connectivity index (χ2v) is 10.1. The van der Waals surface area contributed by atoms with Crippen LogP contribution in [0, 0.1) is 20.8 Å². The van der Waals surface area contributed by atoms with Crippen molar-refractivity contribution >= 4 is 34.6 Å². The molecule has 10 nitrogen and oxygen atoms in total. The van der Waals surface area contributed by atoms with Gasteiger partial charge in [0.2, 0.25) is 0 Å². The number of likely N-dealkylation sites (N-methyl/N-ethyl adjacent to an activating group) is 1. The molecule has 1 aliphatic rings. The van der Waals surface area contributed by atoms with Gasteiger partial charge in [-0.3, -0.25) is 4.79 Å². The van der Waals surface area contributed by atoms with Crippen LogP contribution in [0.1, 0.15) is 27.2 Å². The number of piperazine rings is 1. The van der Waals surface area contributed by atoms with Gasteiger partial charge in [-0.05, 0) is 69.3 Å². The van der Waals surface area contributed by atoms with E-state index in [0.717, 1.165) is 60.2 Å². The second-order valence-electron chi connectivity index (χ2n) is 10.1. The highest BCUT2D eigenvalue weighted by molar-refractivity contribution is 6.05. The van der Waals surface area contributed by atoms with Crippen molar-refractivity contribution in [3.05, 3.63) is 77.2 Å². The van der Waals surface area contributed by atoms with E-state index in [0.29, 0.717) is 22.9 Å². The van der Waals surface area contributed by atoms with Gasteiger partial charge < -0.3 is 25.8 Å². The van der Waals surface area contributed by atoms with Crippen LogP contribution in [-0.2, 0) is 0 Å². The van der Waals surface area contributed by atoms with Crippen LogP contribution in [0.3, 0.4) is 0 Å². The van der Waals surface area contributed by atoms with E-state index < -0.39 is 0 Å². The number of hydrogen-bond acceptors (Lipinski definition) is 8. The van der Waals surface area contributed by atoms with E-state index in [2.05, 4.69) is 53.9 Å². The molecule has 1 fully saturated rings. The lowest BCUT2D eigenvalue weighted by Crippen LogP contribution is -2.44. The van der Waals surface area contributed by atoms with E-state index in [1.807, 2.05) is 70.3 Å². The van der Waals surface area contributed by atoms with E-state index in [1.54, 1.807) is 4.68 Å². The molecule has 10 heteroatoms. The summed E-state index contributed by atoms with van der Waals surface area (Å²) in [5, 5.41) is 14.2. The Labute approximate surface area is 229 Å². The van der Waals surface area contributed by atoms with Gasteiger partial charge in [0.05, 0.1) is 5.69 Å². The lowest BCUT2D eigenvalue weighted by atomic mass is 10.1. The Balaban J connectivity index is 1.36. The zero-order chi connectivity index (χ0) is 27.5.